The normalized spacial score (nSPS) is 15.2. The Bertz CT molecular complexity index is 1090. The van der Waals surface area contributed by atoms with Crippen molar-refractivity contribution in [2.24, 2.45) is 0 Å². The molecular weight excluding hydrogens is 437 g/mol. The second-order valence-electron chi connectivity index (χ2n) is 7.37. The second-order valence-corrected chi connectivity index (χ2v) is 9.23. The monoisotopic (exact) mass is 463 g/mol. The zero-order valence-electron chi connectivity index (χ0n) is 18.0. The Morgan fingerprint density at radius 3 is 2.38 bits per heavy atom. The Morgan fingerprint density at radius 2 is 1.75 bits per heavy atom. The van der Waals surface area contributed by atoms with Gasteiger partial charge in [0.2, 0.25) is 15.9 Å². The molecule has 0 aliphatic carbocycles. The Morgan fingerprint density at radius 1 is 1.12 bits per heavy atom. The van der Waals surface area contributed by atoms with Crippen LogP contribution < -0.4 is 9.62 Å². The number of nitrogens with zero attached hydrogens (tertiary/aromatic N) is 2. The number of sulfonamides is 1. The molecule has 1 heterocycles. The number of rotatable bonds is 7. The van der Waals surface area contributed by atoms with Gasteiger partial charge in [-0.25, -0.2) is 12.8 Å². The first-order valence-electron chi connectivity index (χ1n) is 10.2. The Kier molecular flexibility index (Phi) is 7.47. The molecule has 0 radical (unpaired) electrons. The van der Waals surface area contributed by atoms with Crippen LogP contribution in [0.1, 0.15) is 23.7 Å². The van der Waals surface area contributed by atoms with Gasteiger partial charge in [0.05, 0.1) is 36.4 Å². The van der Waals surface area contributed by atoms with E-state index in [-0.39, 0.29) is 29.3 Å². The van der Waals surface area contributed by atoms with Crippen LogP contribution >= 0.6 is 0 Å². The summed E-state index contributed by atoms with van der Waals surface area (Å²) in [7, 11) is -3.99. The lowest BCUT2D eigenvalue weighted by molar-refractivity contribution is -0.117. The van der Waals surface area contributed by atoms with Crippen LogP contribution in [0.15, 0.2) is 48.5 Å². The molecule has 32 heavy (non-hydrogen) atoms. The summed E-state index contributed by atoms with van der Waals surface area (Å²) in [6.07, 6.45) is 1.01. The molecule has 172 valence electrons. The molecule has 1 N–H and O–H groups in total. The van der Waals surface area contributed by atoms with Gasteiger partial charge in [0.15, 0.2) is 0 Å². The van der Waals surface area contributed by atoms with Gasteiger partial charge in [-0.1, -0.05) is 31.2 Å². The molecule has 8 nitrogen and oxygen atoms in total. The third kappa shape index (κ3) is 5.25. The minimum absolute atomic E-state index is 0.0901. The number of benzene rings is 2. The number of halogens is 1. The highest BCUT2D eigenvalue weighted by Gasteiger charge is 2.33. The van der Waals surface area contributed by atoms with Crippen molar-refractivity contribution in [3.8, 4) is 0 Å². The molecule has 0 spiro atoms. The van der Waals surface area contributed by atoms with Crippen LogP contribution in [0.5, 0.6) is 0 Å². The average Bonchev–Trinajstić information content (AvgIpc) is 2.77. The van der Waals surface area contributed by atoms with Crippen molar-refractivity contribution >= 4 is 33.2 Å². The summed E-state index contributed by atoms with van der Waals surface area (Å²) in [5, 5.41) is 2.68. The SMILES string of the molecule is CCC(C(=O)Nc1ccccc1C(=O)N1CCOCC1)N(c1ccccc1F)S(C)(=O)=O. The highest BCUT2D eigenvalue weighted by atomic mass is 32.2. The molecule has 2 aromatic rings. The van der Waals surface area contributed by atoms with E-state index in [1.807, 2.05) is 0 Å². The van der Waals surface area contributed by atoms with Crippen molar-refractivity contribution in [3.63, 3.8) is 0 Å². The van der Waals surface area contributed by atoms with Gasteiger partial charge < -0.3 is 15.0 Å². The summed E-state index contributed by atoms with van der Waals surface area (Å²) < 4.78 is 45.6. The molecule has 10 heteroatoms. The van der Waals surface area contributed by atoms with Gasteiger partial charge in [-0.3, -0.25) is 13.9 Å². The number of carbonyl (C=O) groups excluding carboxylic acids is 2. The summed E-state index contributed by atoms with van der Waals surface area (Å²) in [6.45, 7) is 3.38. The number of para-hydroxylation sites is 2. The number of amides is 2. The topological polar surface area (TPSA) is 96.0 Å². The van der Waals surface area contributed by atoms with Crippen molar-refractivity contribution in [1.29, 1.82) is 0 Å². The number of hydrogen-bond acceptors (Lipinski definition) is 5. The molecule has 0 saturated carbocycles. The van der Waals surface area contributed by atoms with Gasteiger partial charge in [-0.2, -0.15) is 0 Å². The minimum atomic E-state index is -3.99. The van der Waals surface area contributed by atoms with Crippen LogP contribution in [0, 0.1) is 5.82 Å². The lowest BCUT2D eigenvalue weighted by Gasteiger charge is -2.31. The van der Waals surface area contributed by atoms with Gasteiger partial charge in [0.25, 0.3) is 5.91 Å². The summed E-state index contributed by atoms with van der Waals surface area (Å²) in [5.74, 6) is -1.68. The molecule has 2 amide bonds. The van der Waals surface area contributed by atoms with Crippen LogP contribution in [0.2, 0.25) is 0 Å². The number of anilines is 2. The molecule has 1 fully saturated rings. The fourth-order valence-electron chi connectivity index (χ4n) is 3.60. The highest BCUT2D eigenvalue weighted by Crippen LogP contribution is 2.27. The third-order valence-corrected chi connectivity index (χ3v) is 6.30. The zero-order valence-corrected chi connectivity index (χ0v) is 18.8. The van der Waals surface area contributed by atoms with E-state index in [2.05, 4.69) is 5.32 Å². The highest BCUT2D eigenvalue weighted by molar-refractivity contribution is 7.92. The molecule has 3 rings (SSSR count). The Balaban J connectivity index is 1.91. The number of nitrogens with one attached hydrogen (secondary N) is 1. The number of carbonyl (C=O) groups is 2. The van der Waals surface area contributed by atoms with Crippen LogP contribution in [0.4, 0.5) is 15.8 Å². The summed E-state index contributed by atoms with van der Waals surface area (Å²) >= 11 is 0. The summed E-state index contributed by atoms with van der Waals surface area (Å²) in [4.78, 5) is 27.8. The summed E-state index contributed by atoms with van der Waals surface area (Å²) in [6, 6.07) is 10.7. The van der Waals surface area contributed by atoms with Crippen LogP contribution in [-0.2, 0) is 19.6 Å². The first-order valence-corrected chi connectivity index (χ1v) is 12.1. The van der Waals surface area contributed by atoms with Gasteiger partial charge in [0, 0.05) is 13.1 Å². The molecule has 1 unspecified atom stereocenters. The van der Waals surface area contributed by atoms with Gasteiger partial charge in [-0.05, 0) is 30.7 Å². The van der Waals surface area contributed by atoms with E-state index >= 15 is 0 Å². The first kappa shape index (κ1) is 23.7. The predicted octanol–water partition coefficient (Wildman–Crippen LogP) is 2.48. The molecular formula is C22H26FN3O5S. The van der Waals surface area contributed by atoms with Crippen molar-refractivity contribution in [2.45, 2.75) is 19.4 Å². The standard InChI is InChI=1S/C22H26FN3O5S/c1-3-19(26(32(2,29)30)20-11-7-5-9-17(20)23)21(27)24-18-10-6-4-8-16(18)22(28)25-12-14-31-15-13-25/h4-11,19H,3,12-15H2,1-2H3,(H,24,27). The van der Waals surface area contributed by atoms with Crippen LogP contribution in [0.25, 0.3) is 0 Å². The molecule has 1 aliphatic heterocycles. The summed E-state index contributed by atoms with van der Waals surface area (Å²) in [5.41, 5.74) is 0.332. The molecule has 1 aliphatic rings. The van der Waals surface area contributed by atoms with E-state index in [1.165, 1.54) is 18.2 Å². The quantitative estimate of drug-likeness (QED) is 0.681. The maximum absolute atomic E-state index is 14.4. The van der Waals surface area contributed by atoms with Gasteiger partial charge in [-0.15, -0.1) is 0 Å². The van der Waals surface area contributed by atoms with E-state index in [4.69, 9.17) is 4.74 Å². The fourth-order valence-corrected chi connectivity index (χ4v) is 4.81. The molecule has 1 atom stereocenters. The number of ether oxygens (including phenoxy) is 1. The second kappa shape index (κ2) is 10.1. The minimum Gasteiger partial charge on any atom is -0.378 e. The molecule has 0 bridgehead atoms. The largest absolute Gasteiger partial charge is 0.378 e. The maximum atomic E-state index is 14.4. The lowest BCUT2D eigenvalue weighted by Crippen LogP contribution is -2.47. The van der Waals surface area contributed by atoms with Crippen LogP contribution in [-0.4, -0.2) is 63.7 Å². The lowest BCUT2D eigenvalue weighted by atomic mass is 10.1. The van der Waals surface area contributed by atoms with E-state index in [0.29, 0.717) is 26.3 Å². The predicted molar refractivity (Wildman–Crippen MR) is 120 cm³/mol. The first-order chi connectivity index (χ1) is 15.2. The van der Waals surface area contributed by atoms with Crippen molar-refractivity contribution < 1.29 is 27.1 Å². The zero-order chi connectivity index (χ0) is 23.3. The van der Waals surface area contributed by atoms with Gasteiger partial charge >= 0.3 is 0 Å². The smallest absolute Gasteiger partial charge is 0.256 e. The molecule has 1 saturated heterocycles. The van der Waals surface area contributed by atoms with E-state index in [1.54, 1.807) is 36.1 Å². The van der Waals surface area contributed by atoms with Crippen LogP contribution in [0.3, 0.4) is 0 Å². The van der Waals surface area contributed by atoms with Crippen molar-refractivity contribution in [3.05, 3.63) is 59.9 Å². The average molecular weight is 464 g/mol. The van der Waals surface area contributed by atoms with Gasteiger partial charge in [0.1, 0.15) is 11.9 Å². The van der Waals surface area contributed by atoms with E-state index < -0.39 is 27.8 Å². The molecule has 2 aromatic carbocycles. The van der Waals surface area contributed by atoms with Crippen molar-refractivity contribution in [2.75, 3.05) is 42.2 Å². The maximum Gasteiger partial charge on any atom is 0.256 e. The molecule has 0 aromatic heterocycles. The van der Waals surface area contributed by atoms with E-state index in [0.717, 1.165) is 16.6 Å². The number of morpholine rings is 1. The number of hydrogen-bond donors (Lipinski definition) is 1. The van der Waals surface area contributed by atoms with E-state index in [9.17, 15) is 22.4 Å². The fraction of sp³-hybridized carbons (Fsp3) is 0.364. The van der Waals surface area contributed by atoms with Crippen molar-refractivity contribution in [1.82, 2.24) is 4.90 Å². The Hall–Kier alpha value is -2.98. The third-order valence-electron chi connectivity index (χ3n) is 5.13. The Labute approximate surface area is 187 Å².